The van der Waals surface area contributed by atoms with E-state index in [0.29, 0.717) is 11.5 Å². The molecule has 1 saturated heterocycles. The number of hydrogen-bond acceptors (Lipinski definition) is 5. The molecule has 4 rings (SSSR count). The average molecular weight is 480 g/mol. The molecule has 0 bridgehead atoms. The standard InChI is InChI=1S/C27H33N3O5/c1-35-27(22-5-3-2-4-6-22)15-17-30(18-16-27)23-13-11-20(12-14-23)25(32)29-28-24(31)19-7-9-21(10-8-19)26(33)34/h7-14,22H,2-6,15-18H2,1H3,(H,28,31)(H,29,32)(H,33,34). The second-order valence-electron chi connectivity index (χ2n) is 9.43. The molecule has 8 heteroatoms. The molecule has 1 aliphatic heterocycles. The Morgan fingerprint density at radius 1 is 0.829 bits per heavy atom. The minimum absolute atomic E-state index is 0.0110. The molecule has 35 heavy (non-hydrogen) atoms. The molecule has 0 spiro atoms. The molecule has 2 aromatic carbocycles. The van der Waals surface area contributed by atoms with Crippen molar-refractivity contribution in [3.63, 3.8) is 0 Å². The molecule has 0 atom stereocenters. The molecule has 2 amide bonds. The number of carbonyl (C=O) groups excluding carboxylic acids is 2. The number of carbonyl (C=O) groups is 3. The van der Waals surface area contributed by atoms with Crippen LogP contribution in [0.1, 0.15) is 76.0 Å². The number of nitrogens with zero attached hydrogens (tertiary/aromatic N) is 1. The second kappa shape index (κ2) is 10.9. The zero-order valence-corrected chi connectivity index (χ0v) is 20.1. The zero-order valence-electron chi connectivity index (χ0n) is 20.1. The van der Waals surface area contributed by atoms with Crippen molar-refractivity contribution < 1.29 is 24.2 Å². The topological polar surface area (TPSA) is 108 Å². The van der Waals surface area contributed by atoms with Crippen molar-refractivity contribution in [2.75, 3.05) is 25.1 Å². The summed E-state index contributed by atoms with van der Waals surface area (Å²) < 4.78 is 6.11. The van der Waals surface area contributed by atoms with Crippen LogP contribution in [-0.2, 0) is 4.74 Å². The maximum atomic E-state index is 12.5. The van der Waals surface area contributed by atoms with Gasteiger partial charge in [0.2, 0.25) is 0 Å². The fourth-order valence-electron chi connectivity index (χ4n) is 5.40. The predicted octanol–water partition coefficient (Wildman–Crippen LogP) is 4.03. The van der Waals surface area contributed by atoms with Gasteiger partial charge in [0, 0.05) is 37.0 Å². The molecule has 0 unspecified atom stereocenters. The SMILES string of the molecule is COC1(C2CCCCC2)CCN(c2ccc(C(=O)NNC(=O)c3ccc(C(=O)O)cc3)cc2)CC1. The summed E-state index contributed by atoms with van der Waals surface area (Å²) in [5.41, 5.74) is 6.58. The van der Waals surface area contributed by atoms with E-state index < -0.39 is 17.8 Å². The second-order valence-corrected chi connectivity index (χ2v) is 9.43. The van der Waals surface area contributed by atoms with Gasteiger partial charge in [0.15, 0.2) is 0 Å². The van der Waals surface area contributed by atoms with Crippen LogP contribution in [0.3, 0.4) is 0 Å². The van der Waals surface area contributed by atoms with Crippen LogP contribution < -0.4 is 15.8 Å². The van der Waals surface area contributed by atoms with Crippen LogP contribution in [0, 0.1) is 5.92 Å². The maximum absolute atomic E-state index is 12.5. The van der Waals surface area contributed by atoms with Crippen molar-refractivity contribution in [1.82, 2.24) is 10.9 Å². The third-order valence-corrected chi connectivity index (χ3v) is 7.54. The van der Waals surface area contributed by atoms with E-state index in [2.05, 4.69) is 15.8 Å². The minimum Gasteiger partial charge on any atom is -0.478 e. The van der Waals surface area contributed by atoms with Gasteiger partial charge in [0.25, 0.3) is 11.8 Å². The number of ether oxygens (including phenoxy) is 1. The number of hydrazine groups is 1. The number of anilines is 1. The zero-order chi connectivity index (χ0) is 24.8. The molecule has 2 aromatic rings. The monoisotopic (exact) mass is 479 g/mol. The number of nitrogens with one attached hydrogen (secondary N) is 2. The van der Waals surface area contributed by atoms with Gasteiger partial charge in [-0.3, -0.25) is 20.4 Å². The van der Waals surface area contributed by atoms with E-state index in [1.54, 1.807) is 12.1 Å². The van der Waals surface area contributed by atoms with Crippen molar-refractivity contribution >= 4 is 23.5 Å². The lowest BCUT2D eigenvalue weighted by molar-refractivity contribution is -0.0856. The Morgan fingerprint density at radius 2 is 1.31 bits per heavy atom. The number of carboxylic acid groups (broad SMARTS) is 1. The summed E-state index contributed by atoms with van der Waals surface area (Å²) in [7, 11) is 1.86. The highest BCUT2D eigenvalue weighted by molar-refractivity contribution is 5.99. The molecule has 2 fully saturated rings. The van der Waals surface area contributed by atoms with E-state index in [9.17, 15) is 14.4 Å². The van der Waals surface area contributed by atoms with Gasteiger partial charge in [-0.15, -0.1) is 0 Å². The van der Waals surface area contributed by atoms with Crippen LogP contribution in [0.5, 0.6) is 0 Å². The molecule has 1 saturated carbocycles. The Bertz CT molecular complexity index is 1040. The normalized spacial score (nSPS) is 18.0. The van der Waals surface area contributed by atoms with Gasteiger partial charge in [-0.1, -0.05) is 19.3 Å². The van der Waals surface area contributed by atoms with Gasteiger partial charge in [-0.05, 0) is 80.1 Å². The molecular weight excluding hydrogens is 446 g/mol. The van der Waals surface area contributed by atoms with Crippen LogP contribution in [0.2, 0.25) is 0 Å². The fourth-order valence-corrected chi connectivity index (χ4v) is 5.40. The van der Waals surface area contributed by atoms with E-state index in [0.717, 1.165) is 31.6 Å². The van der Waals surface area contributed by atoms with Crippen molar-refractivity contribution in [3.05, 3.63) is 65.2 Å². The third kappa shape index (κ3) is 5.65. The molecular formula is C27H33N3O5. The lowest BCUT2D eigenvalue weighted by atomic mass is 9.72. The molecule has 186 valence electrons. The molecule has 1 aliphatic carbocycles. The Kier molecular flexibility index (Phi) is 7.70. The summed E-state index contributed by atoms with van der Waals surface area (Å²) in [6.45, 7) is 1.85. The Labute approximate surface area is 205 Å². The maximum Gasteiger partial charge on any atom is 0.335 e. The smallest absolute Gasteiger partial charge is 0.335 e. The Balaban J connectivity index is 1.29. The van der Waals surface area contributed by atoms with Gasteiger partial charge >= 0.3 is 5.97 Å². The van der Waals surface area contributed by atoms with E-state index in [4.69, 9.17) is 9.84 Å². The fraction of sp³-hybridized carbons (Fsp3) is 0.444. The van der Waals surface area contributed by atoms with Crippen LogP contribution in [0.25, 0.3) is 0 Å². The summed E-state index contributed by atoms with van der Waals surface area (Å²) in [6, 6.07) is 12.8. The molecule has 3 N–H and O–H groups in total. The number of hydrogen-bond donors (Lipinski definition) is 3. The minimum atomic E-state index is -1.07. The van der Waals surface area contributed by atoms with Gasteiger partial charge in [0.05, 0.1) is 11.2 Å². The summed E-state index contributed by atoms with van der Waals surface area (Å²) in [6.07, 6.45) is 8.50. The number of benzene rings is 2. The predicted molar refractivity (Wildman–Crippen MR) is 133 cm³/mol. The highest BCUT2D eigenvalue weighted by atomic mass is 16.5. The summed E-state index contributed by atoms with van der Waals surface area (Å²) in [5, 5.41) is 8.94. The molecule has 8 nitrogen and oxygen atoms in total. The number of rotatable bonds is 6. The van der Waals surface area contributed by atoms with Crippen LogP contribution >= 0.6 is 0 Å². The first-order valence-electron chi connectivity index (χ1n) is 12.3. The van der Waals surface area contributed by atoms with E-state index in [-0.39, 0.29) is 16.7 Å². The number of carboxylic acids is 1. The summed E-state index contributed by atoms with van der Waals surface area (Å²) in [4.78, 5) is 38.0. The molecule has 1 heterocycles. The lowest BCUT2D eigenvalue weighted by Crippen LogP contribution is -2.50. The molecule has 2 aliphatic rings. The highest BCUT2D eigenvalue weighted by Crippen LogP contribution is 2.42. The quantitative estimate of drug-likeness (QED) is 0.540. The lowest BCUT2D eigenvalue weighted by Gasteiger charge is -2.47. The Morgan fingerprint density at radius 3 is 1.80 bits per heavy atom. The van der Waals surface area contributed by atoms with Crippen LogP contribution in [-0.4, -0.2) is 48.7 Å². The number of aromatic carboxylic acids is 1. The summed E-state index contributed by atoms with van der Waals surface area (Å²) in [5.74, 6) is -1.37. The van der Waals surface area contributed by atoms with E-state index in [1.165, 1.54) is 56.4 Å². The van der Waals surface area contributed by atoms with Crippen LogP contribution in [0.4, 0.5) is 5.69 Å². The largest absolute Gasteiger partial charge is 0.478 e. The van der Waals surface area contributed by atoms with E-state index in [1.807, 2.05) is 19.2 Å². The van der Waals surface area contributed by atoms with Gasteiger partial charge in [-0.25, -0.2) is 4.79 Å². The average Bonchev–Trinajstić information content (AvgIpc) is 2.92. The number of piperidine rings is 1. The first-order valence-corrected chi connectivity index (χ1v) is 12.3. The van der Waals surface area contributed by atoms with Crippen molar-refractivity contribution in [2.24, 2.45) is 5.92 Å². The molecule has 0 aromatic heterocycles. The third-order valence-electron chi connectivity index (χ3n) is 7.54. The number of amides is 2. The first-order chi connectivity index (χ1) is 16.9. The van der Waals surface area contributed by atoms with Gasteiger partial charge in [0.1, 0.15) is 0 Å². The first kappa shape index (κ1) is 24.7. The van der Waals surface area contributed by atoms with Gasteiger partial charge in [-0.2, -0.15) is 0 Å². The van der Waals surface area contributed by atoms with Crippen molar-refractivity contribution in [1.29, 1.82) is 0 Å². The van der Waals surface area contributed by atoms with E-state index >= 15 is 0 Å². The molecule has 0 radical (unpaired) electrons. The summed E-state index contributed by atoms with van der Waals surface area (Å²) >= 11 is 0. The van der Waals surface area contributed by atoms with Crippen LogP contribution in [0.15, 0.2) is 48.5 Å². The van der Waals surface area contributed by atoms with Crippen molar-refractivity contribution in [2.45, 2.75) is 50.5 Å². The highest BCUT2D eigenvalue weighted by Gasteiger charge is 2.41. The number of methoxy groups -OCH3 is 1. The Hall–Kier alpha value is -3.39. The van der Waals surface area contributed by atoms with Crippen molar-refractivity contribution in [3.8, 4) is 0 Å². The van der Waals surface area contributed by atoms with Gasteiger partial charge < -0.3 is 14.7 Å².